The molecule has 0 saturated heterocycles. The number of anilines is 1. The van der Waals surface area contributed by atoms with Crippen LogP contribution in [0.15, 0.2) is 24.3 Å². The number of phenols is 1. The average Bonchev–Trinajstić information content (AvgIpc) is 2.30. The molecule has 18 heavy (non-hydrogen) atoms. The molecule has 0 aliphatic heterocycles. The summed E-state index contributed by atoms with van der Waals surface area (Å²) < 4.78 is 0. The summed E-state index contributed by atoms with van der Waals surface area (Å²) in [6.07, 6.45) is -0.260. The molecule has 0 fully saturated rings. The number of phenolic OH excluding ortho intramolecular Hbond substituents is 1. The summed E-state index contributed by atoms with van der Waals surface area (Å²) in [6, 6.07) is 5.10. The van der Waals surface area contributed by atoms with Gasteiger partial charge in [0.1, 0.15) is 11.8 Å². The van der Waals surface area contributed by atoms with Gasteiger partial charge in [0.25, 0.3) is 0 Å². The molecule has 1 rings (SSSR count). The number of carboxylic acid groups (broad SMARTS) is 1. The molecule has 1 amide bonds. The molecule has 0 aromatic heterocycles. The summed E-state index contributed by atoms with van der Waals surface area (Å²) in [6.45, 7) is 2.19. The van der Waals surface area contributed by atoms with E-state index < -0.39 is 17.9 Å². The quantitative estimate of drug-likeness (QED) is 0.685. The van der Waals surface area contributed by atoms with Crippen LogP contribution >= 0.6 is 0 Å². The van der Waals surface area contributed by atoms with Gasteiger partial charge in [0.2, 0.25) is 5.91 Å². The number of hydrogen-bond acceptors (Lipinski definition) is 4. The van der Waals surface area contributed by atoms with Crippen molar-refractivity contribution >= 4 is 17.6 Å². The van der Waals surface area contributed by atoms with E-state index in [2.05, 4.69) is 0 Å². The van der Waals surface area contributed by atoms with Crippen molar-refractivity contribution in [2.24, 2.45) is 5.73 Å². The second-order valence-corrected chi connectivity index (χ2v) is 3.83. The van der Waals surface area contributed by atoms with Gasteiger partial charge < -0.3 is 20.8 Å². The lowest BCUT2D eigenvalue weighted by Crippen LogP contribution is -2.43. The molecule has 98 valence electrons. The maximum atomic E-state index is 11.2. The van der Waals surface area contributed by atoms with E-state index in [9.17, 15) is 14.7 Å². The van der Waals surface area contributed by atoms with Crippen LogP contribution in [0.3, 0.4) is 0 Å². The Morgan fingerprint density at radius 1 is 1.33 bits per heavy atom. The fourth-order valence-electron chi connectivity index (χ4n) is 1.75. The van der Waals surface area contributed by atoms with Gasteiger partial charge in [-0.3, -0.25) is 4.79 Å². The molecule has 0 saturated carbocycles. The maximum Gasteiger partial charge on any atom is 0.326 e. The first-order valence-corrected chi connectivity index (χ1v) is 5.52. The second-order valence-electron chi connectivity index (χ2n) is 3.83. The highest BCUT2D eigenvalue weighted by Gasteiger charge is 2.26. The van der Waals surface area contributed by atoms with Crippen molar-refractivity contribution < 1.29 is 19.8 Å². The highest BCUT2D eigenvalue weighted by atomic mass is 16.4. The van der Waals surface area contributed by atoms with E-state index in [4.69, 9.17) is 10.8 Å². The molecule has 0 radical (unpaired) electrons. The highest BCUT2D eigenvalue weighted by Crippen LogP contribution is 2.21. The fourth-order valence-corrected chi connectivity index (χ4v) is 1.75. The van der Waals surface area contributed by atoms with Crippen molar-refractivity contribution in [2.45, 2.75) is 19.4 Å². The molecule has 0 unspecified atom stereocenters. The van der Waals surface area contributed by atoms with Gasteiger partial charge in [-0.05, 0) is 31.2 Å². The molecule has 0 spiro atoms. The predicted molar refractivity (Wildman–Crippen MR) is 66.4 cm³/mol. The number of hydrogen-bond donors (Lipinski definition) is 3. The van der Waals surface area contributed by atoms with E-state index in [1.165, 1.54) is 12.1 Å². The molecule has 1 atom stereocenters. The van der Waals surface area contributed by atoms with Gasteiger partial charge in [0, 0.05) is 12.2 Å². The lowest BCUT2D eigenvalue weighted by atomic mass is 10.1. The van der Waals surface area contributed by atoms with Crippen molar-refractivity contribution in [3.63, 3.8) is 0 Å². The Hall–Kier alpha value is -2.24. The summed E-state index contributed by atoms with van der Waals surface area (Å²) in [5.74, 6) is -1.68. The molecule has 4 N–H and O–H groups in total. The third-order valence-corrected chi connectivity index (χ3v) is 2.58. The number of likely N-dealkylation sites (N-methyl/N-ethyl adjacent to an activating group) is 1. The summed E-state index contributed by atoms with van der Waals surface area (Å²) >= 11 is 0. The van der Waals surface area contributed by atoms with Crippen molar-refractivity contribution in [1.29, 1.82) is 0 Å². The Bertz CT molecular complexity index is 430. The largest absolute Gasteiger partial charge is 0.508 e. The first-order chi connectivity index (χ1) is 8.45. The van der Waals surface area contributed by atoms with Crippen LogP contribution < -0.4 is 10.6 Å². The molecule has 1 aromatic carbocycles. The van der Waals surface area contributed by atoms with Gasteiger partial charge in [0.15, 0.2) is 0 Å². The minimum Gasteiger partial charge on any atom is -0.508 e. The standard InChI is InChI=1S/C12H16N2O4/c1-2-14(8-3-5-9(15)6-4-8)10(12(17)18)7-11(13)16/h3-6,10,15H,2,7H2,1H3,(H2,13,16)(H,17,18)/t10-/m0/s1. The zero-order valence-corrected chi connectivity index (χ0v) is 10.0. The normalized spacial score (nSPS) is 11.8. The maximum absolute atomic E-state index is 11.2. The van der Waals surface area contributed by atoms with Crippen LogP contribution in [0, 0.1) is 0 Å². The van der Waals surface area contributed by atoms with Gasteiger partial charge >= 0.3 is 5.97 Å². The second kappa shape index (κ2) is 5.90. The average molecular weight is 252 g/mol. The van der Waals surface area contributed by atoms with Crippen LogP contribution in [0.5, 0.6) is 5.75 Å². The molecule has 0 heterocycles. The molecular formula is C12H16N2O4. The third-order valence-electron chi connectivity index (χ3n) is 2.58. The van der Waals surface area contributed by atoms with Gasteiger partial charge in [0.05, 0.1) is 6.42 Å². The number of carboxylic acids is 1. The summed E-state index contributed by atoms with van der Waals surface area (Å²) in [4.78, 5) is 23.6. The monoisotopic (exact) mass is 252 g/mol. The van der Waals surface area contributed by atoms with Gasteiger partial charge in [-0.25, -0.2) is 4.79 Å². The number of nitrogens with two attached hydrogens (primary N) is 1. The number of benzene rings is 1. The smallest absolute Gasteiger partial charge is 0.326 e. The molecule has 6 nitrogen and oxygen atoms in total. The van der Waals surface area contributed by atoms with Gasteiger partial charge in [-0.15, -0.1) is 0 Å². The zero-order valence-electron chi connectivity index (χ0n) is 10.0. The van der Waals surface area contributed by atoms with Gasteiger partial charge in [-0.2, -0.15) is 0 Å². The molecule has 0 aliphatic carbocycles. The minimum absolute atomic E-state index is 0.0941. The summed E-state index contributed by atoms with van der Waals surface area (Å²) in [7, 11) is 0. The zero-order chi connectivity index (χ0) is 13.7. The van der Waals surface area contributed by atoms with Crippen molar-refractivity contribution in [2.75, 3.05) is 11.4 Å². The first kappa shape index (κ1) is 13.8. The van der Waals surface area contributed by atoms with Gasteiger partial charge in [-0.1, -0.05) is 0 Å². The van der Waals surface area contributed by atoms with Crippen molar-refractivity contribution in [3.05, 3.63) is 24.3 Å². The van der Waals surface area contributed by atoms with Crippen LogP contribution in [0.4, 0.5) is 5.69 Å². The number of aliphatic carboxylic acids is 1. The summed E-state index contributed by atoms with van der Waals surface area (Å²) in [5, 5.41) is 18.3. The van der Waals surface area contributed by atoms with E-state index in [-0.39, 0.29) is 12.2 Å². The van der Waals surface area contributed by atoms with E-state index in [1.807, 2.05) is 0 Å². The lowest BCUT2D eigenvalue weighted by Gasteiger charge is -2.29. The van der Waals surface area contributed by atoms with E-state index in [1.54, 1.807) is 24.0 Å². The van der Waals surface area contributed by atoms with Crippen LogP contribution in [0.1, 0.15) is 13.3 Å². The van der Waals surface area contributed by atoms with E-state index >= 15 is 0 Å². The van der Waals surface area contributed by atoms with Crippen LogP contribution in [-0.2, 0) is 9.59 Å². The number of carbonyl (C=O) groups is 2. The summed E-state index contributed by atoms with van der Waals surface area (Å²) in [5.41, 5.74) is 5.67. The molecular weight excluding hydrogens is 236 g/mol. The number of carbonyl (C=O) groups excluding carboxylic acids is 1. The topological polar surface area (TPSA) is 104 Å². The fraction of sp³-hybridized carbons (Fsp3) is 0.333. The number of rotatable bonds is 6. The van der Waals surface area contributed by atoms with E-state index in [0.717, 1.165) is 0 Å². The Labute approximate surface area is 105 Å². The Morgan fingerprint density at radius 2 is 1.89 bits per heavy atom. The Morgan fingerprint density at radius 3 is 2.28 bits per heavy atom. The SMILES string of the molecule is CCN(c1ccc(O)cc1)[C@@H](CC(N)=O)C(=O)O. The first-order valence-electron chi connectivity index (χ1n) is 5.52. The minimum atomic E-state index is -1.11. The highest BCUT2D eigenvalue weighted by molar-refractivity contribution is 5.86. The predicted octanol–water partition coefficient (Wildman–Crippen LogP) is 0.547. The van der Waals surface area contributed by atoms with Crippen LogP contribution in [0.25, 0.3) is 0 Å². The molecule has 6 heteroatoms. The van der Waals surface area contributed by atoms with Crippen LogP contribution in [0.2, 0.25) is 0 Å². The molecule has 1 aromatic rings. The molecule has 0 aliphatic rings. The number of aromatic hydroxyl groups is 1. The number of primary amides is 1. The number of amides is 1. The van der Waals surface area contributed by atoms with Crippen LogP contribution in [-0.4, -0.2) is 34.7 Å². The van der Waals surface area contributed by atoms with E-state index in [0.29, 0.717) is 12.2 Å². The lowest BCUT2D eigenvalue weighted by molar-refractivity contribution is -0.140. The van der Waals surface area contributed by atoms with Crippen molar-refractivity contribution in [1.82, 2.24) is 0 Å². The third kappa shape index (κ3) is 3.38. The van der Waals surface area contributed by atoms with Crippen molar-refractivity contribution in [3.8, 4) is 5.75 Å². The Kier molecular flexibility index (Phi) is 4.53. The Balaban J connectivity index is 3.01. The number of nitrogens with zero attached hydrogens (tertiary/aromatic N) is 1. The molecule has 0 bridgehead atoms.